The molecule has 1 aliphatic rings. The zero-order chi connectivity index (χ0) is 11.2. The van der Waals surface area contributed by atoms with Crippen molar-refractivity contribution in [2.24, 2.45) is 0 Å². The number of hydrogen-bond donors (Lipinski definition) is 1. The van der Waals surface area contributed by atoms with Crippen molar-refractivity contribution in [3.63, 3.8) is 0 Å². The Labute approximate surface area is 96.4 Å². The highest BCUT2D eigenvalue weighted by atomic mass is 16.5. The van der Waals surface area contributed by atoms with Gasteiger partial charge in [0.15, 0.2) is 0 Å². The number of rotatable bonds is 4. The highest BCUT2D eigenvalue weighted by Gasteiger charge is 2.15. The van der Waals surface area contributed by atoms with Crippen LogP contribution in [0.25, 0.3) is 0 Å². The molecule has 4 heteroatoms. The number of hydrogen-bond acceptors (Lipinski definition) is 4. The van der Waals surface area contributed by atoms with Gasteiger partial charge in [0.05, 0.1) is 12.7 Å². The van der Waals surface area contributed by atoms with Gasteiger partial charge >= 0.3 is 0 Å². The summed E-state index contributed by atoms with van der Waals surface area (Å²) in [6.45, 7) is 4.81. The molecule has 1 fully saturated rings. The molecule has 0 radical (unpaired) electrons. The van der Waals surface area contributed by atoms with Crippen LogP contribution < -0.4 is 5.32 Å². The fraction of sp³-hybridized carbons (Fsp3) is 0.667. The molecule has 1 unspecified atom stereocenters. The summed E-state index contributed by atoms with van der Waals surface area (Å²) < 4.78 is 5.64. The van der Waals surface area contributed by atoms with Crippen LogP contribution in [0.1, 0.15) is 24.9 Å². The summed E-state index contributed by atoms with van der Waals surface area (Å²) in [4.78, 5) is 8.83. The van der Waals surface area contributed by atoms with Crippen LogP contribution in [0.15, 0.2) is 12.3 Å². The molecule has 88 valence electrons. The average molecular weight is 221 g/mol. The summed E-state index contributed by atoms with van der Waals surface area (Å²) in [6.07, 6.45) is 5.04. The Bertz CT molecular complexity index is 324. The van der Waals surface area contributed by atoms with Crippen LogP contribution in [0.2, 0.25) is 0 Å². The maximum atomic E-state index is 5.64. The molecule has 1 aliphatic heterocycles. The predicted octanol–water partition coefficient (Wildman–Crippen LogP) is 0.960. The minimum atomic E-state index is 0.227. The first-order valence-electron chi connectivity index (χ1n) is 6.01. The molecule has 2 rings (SSSR count). The molecule has 16 heavy (non-hydrogen) atoms. The minimum absolute atomic E-state index is 0.227. The maximum Gasteiger partial charge on any atom is 0.131 e. The second-order valence-electron chi connectivity index (χ2n) is 4.12. The first kappa shape index (κ1) is 11.5. The topological polar surface area (TPSA) is 47.0 Å². The lowest BCUT2D eigenvalue weighted by Gasteiger charge is -2.22. The lowest BCUT2D eigenvalue weighted by Crippen LogP contribution is -2.39. The van der Waals surface area contributed by atoms with Gasteiger partial charge in [-0.1, -0.05) is 13.3 Å². The molecule has 0 spiro atoms. The van der Waals surface area contributed by atoms with E-state index in [2.05, 4.69) is 22.2 Å². The third kappa shape index (κ3) is 3.25. The van der Waals surface area contributed by atoms with Crippen molar-refractivity contribution in [1.29, 1.82) is 0 Å². The smallest absolute Gasteiger partial charge is 0.131 e. The Morgan fingerprint density at radius 2 is 2.50 bits per heavy atom. The van der Waals surface area contributed by atoms with Gasteiger partial charge in [-0.2, -0.15) is 0 Å². The number of aromatic nitrogens is 2. The maximum absolute atomic E-state index is 5.64. The minimum Gasteiger partial charge on any atom is -0.375 e. The fourth-order valence-electron chi connectivity index (χ4n) is 1.89. The van der Waals surface area contributed by atoms with E-state index < -0.39 is 0 Å². The van der Waals surface area contributed by atoms with Crippen molar-refractivity contribution in [2.45, 2.75) is 32.3 Å². The highest BCUT2D eigenvalue weighted by molar-refractivity contribution is 5.03. The van der Waals surface area contributed by atoms with Gasteiger partial charge in [-0.15, -0.1) is 0 Å². The highest BCUT2D eigenvalue weighted by Crippen LogP contribution is 2.05. The Morgan fingerprint density at radius 3 is 3.25 bits per heavy atom. The van der Waals surface area contributed by atoms with Crippen LogP contribution in [0.3, 0.4) is 0 Å². The van der Waals surface area contributed by atoms with Crippen LogP contribution in [0.5, 0.6) is 0 Å². The Balaban J connectivity index is 1.94. The van der Waals surface area contributed by atoms with Crippen molar-refractivity contribution in [1.82, 2.24) is 15.3 Å². The van der Waals surface area contributed by atoms with Gasteiger partial charge in [0, 0.05) is 31.4 Å². The molecule has 4 nitrogen and oxygen atoms in total. The molecule has 0 aromatic carbocycles. The summed E-state index contributed by atoms with van der Waals surface area (Å²) in [5, 5.41) is 3.31. The van der Waals surface area contributed by atoms with Gasteiger partial charge in [-0.05, 0) is 12.5 Å². The first-order valence-corrected chi connectivity index (χ1v) is 6.01. The first-order chi connectivity index (χ1) is 7.88. The van der Waals surface area contributed by atoms with E-state index in [4.69, 9.17) is 4.74 Å². The van der Waals surface area contributed by atoms with Gasteiger partial charge in [0.2, 0.25) is 0 Å². The third-order valence-electron chi connectivity index (χ3n) is 2.68. The summed E-state index contributed by atoms with van der Waals surface area (Å²) in [5.74, 6) is 0.902. The molecule has 0 bridgehead atoms. The molecule has 1 N–H and O–H groups in total. The van der Waals surface area contributed by atoms with E-state index in [0.29, 0.717) is 0 Å². The van der Waals surface area contributed by atoms with Gasteiger partial charge in [0.25, 0.3) is 0 Å². The van der Waals surface area contributed by atoms with Gasteiger partial charge in [-0.25, -0.2) is 9.97 Å². The summed E-state index contributed by atoms with van der Waals surface area (Å²) in [7, 11) is 0. The number of ether oxygens (including phenoxy) is 1. The number of nitrogens with one attached hydrogen (secondary N) is 1. The molecule has 0 aliphatic carbocycles. The van der Waals surface area contributed by atoms with E-state index in [1.54, 1.807) is 0 Å². The van der Waals surface area contributed by atoms with E-state index in [-0.39, 0.29) is 6.10 Å². The summed E-state index contributed by atoms with van der Waals surface area (Å²) >= 11 is 0. The molecule has 1 saturated heterocycles. The molecular weight excluding hydrogens is 202 g/mol. The Morgan fingerprint density at radius 1 is 1.56 bits per heavy atom. The number of morpholine rings is 1. The molecule has 1 atom stereocenters. The van der Waals surface area contributed by atoms with Crippen molar-refractivity contribution in [3.8, 4) is 0 Å². The van der Waals surface area contributed by atoms with Gasteiger partial charge < -0.3 is 10.1 Å². The molecule has 0 saturated carbocycles. The van der Waals surface area contributed by atoms with Gasteiger partial charge in [-0.3, -0.25) is 0 Å². The zero-order valence-electron chi connectivity index (χ0n) is 9.78. The van der Waals surface area contributed by atoms with Crippen molar-refractivity contribution < 1.29 is 4.74 Å². The summed E-state index contributed by atoms with van der Waals surface area (Å²) in [5.41, 5.74) is 1.14. The monoisotopic (exact) mass is 221 g/mol. The number of aryl methyl sites for hydroxylation is 1. The average Bonchev–Trinajstić information content (AvgIpc) is 2.31. The standard InChI is InChI=1S/C12H19N3O/c1-2-3-10-4-5-14-12(15-10)8-11-9-13-6-7-16-11/h4-5,11,13H,2-3,6-9H2,1H3. The molecule has 1 aromatic rings. The van der Waals surface area contributed by atoms with Crippen LogP contribution in [0, 0.1) is 0 Å². The largest absolute Gasteiger partial charge is 0.375 e. The molecule has 2 heterocycles. The van der Waals surface area contributed by atoms with E-state index in [9.17, 15) is 0 Å². The van der Waals surface area contributed by atoms with E-state index >= 15 is 0 Å². The normalized spacial score (nSPS) is 20.9. The second-order valence-corrected chi connectivity index (χ2v) is 4.12. The molecular formula is C12H19N3O. The Hall–Kier alpha value is -1.00. The fourth-order valence-corrected chi connectivity index (χ4v) is 1.89. The molecule has 0 amide bonds. The van der Waals surface area contributed by atoms with Crippen LogP contribution in [-0.4, -0.2) is 35.8 Å². The van der Waals surface area contributed by atoms with Crippen LogP contribution in [-0.2, 0) is 17.6 Å². The van der Waals surface area contributed by atoms with E-state index in [1.807, 2.05) is 12.3 Å². The lowest BCUT2D eigenvalue weighted by molar-refractivity contribution is 0.0280. The third-order valence-corrected chi connectivity index (χ3v) is 2.68. The quantitative estimate of drug-likeness (QED) is 0.822. The second kappa shape index (κ2) is 5.92. The molecule has 1 aromatic heterocycles. The SMILES string of the molecule is CCCc1ccnc(CC2CNCCO2)n1. The summed E-state index contributed by atoms with van der Waals surface area (Å²) in [6, 6.07) is 1.99. The lowest BCUT2D eigenvalue weighted by atomic mass is 10.2. The van der Waals surface area contributed by atoms with Gasteiger partial charge in [0.1, 0.15) is 5.82 Å². The van der Waals surface area contributed by atoms with E-state index in [1.165, 1.54) is 0 Å². The van der Waals surface area contributed by atoms with Crippen molar-refractivity contribution in [3.05, 3.63) is 23.8 Å². The van der Waals surface area contributed by atoms with Crippen LogP contribution in [0.4, 0.5) is 0 Å². The number of nitrogens with zero attached hydrogens (tertiary/aromatic N) is 2. The van der Waals surface area contributed by atoms with Crippen molar-refractivity contribution in [2.75, 3.05) is 19.7 Å². The van der Waals surface area contributed by atoms with E-state index in [0.717, 1.165) is 50.5 Å². The van der Waals surface area contributed by atoms with Crippen LogP contribution >= 0.6 is 0 Å². The predicted molar refractivity (Wildman–Crippen MR) is 62.3 cm³/mol. The zero-order valence-corrected chi connectivity index (χ0v) is 9.78. The Kier molecular flexibility index (Phi) is 4.25. The van der Waals surface area contributed by atoms with Crippen molar-refractivity contribution >= 4 is 0 Å².